The number of carboxylic acids is 1. The maximum Gasteiger partial charge on any atom is 0.347 e. The number of carbonyl (C=O) groups is 1. The largest absolute Gasteiger partial charge is 0.477 e. The zero-order valence-corrected chi connectivity index (χ0v) is 13.2. The number of benzene rings is 1. The number of hydrogen-bond donors (Lipinski definition) is 1. The Balaban J connectivity index is 2.40. The summed E-state index contributed by atoms with van der Waals surface area (Å²) in [5.74, 6) is -0.919. The van der Waals surface area contributed by atoms with Gasteiger partial charge in [-0.25, -0.2) is 9.78 Å². The smallest absolute Gasteiger partial charge is 0.347 e. The molecule has 0 radical (unpaired) electrons. The summed E-state index contributed by atoms with van der Waals surface area (Å²) in [4.78, 5) is 16.2. The van der Waals surface area contributed by atoms with Gasteiger partial charge in [0.05, 0.1) is 10.7 Å². The standard InChI is InChI=1S/C15H16ClNO2S/c1-15(2,3)13-12(14(18)19)20-11(17-13)8-9-6-4-5-7-10(9)16/h4-7H,8H2,1-3H3,(H,18,19). The molecular weight excluding hydrogens is 294 g/mol. The van der Waals surface area contributed by atoms with Gasteiger partial charge in [0.1, 0.15) is 4.88 Å². The summed E-state index contributed by atoms with van der Waals surface area (Å²) >= 11 is 7.36. The zero-order chi connectivity index (χ0) is 14.9. The number of hydrogen-bond acceptors (Lipinski definition) is 3. The fourth-order valence-corrected chi connectivity index (χ4v) is 3.24. The van der Waals surface area contributed by atoms with Crippen molar-refractivity contribution in [3.05, 3.63) is 50.4 Å². The second-order valence-electron chi connectivity index (χ2n) is 5.61. The van der Waals surface area contributed by atoms with Crippen LogP contribution in [-0.2, 0) is 11.8 Å². The number of thiazole rings is 1. The van der Waals surface area contributed by atoms with E-state index in [1.807, 2.05) is 45.0 Å². The quantitative estimate of drug-likeness (QED) is 0.915. The van der Waals surface area contributed by atoms with Gasteiger partial charge in [-0.2, -0.15) is 0 Å². The van der Waals surface area contributed by atoms with Crippen LogP contribution in [0.15, 0.2) is 24.3 Å². The van der Waals surface area contributed by atoms with Crippen molar-refractivity contribution in [3.63, 3.8) is 0 Å². The van der Waals surface area contributed by atoms with E-state index in [1.54, 1.807) is 0 Å². The number of nitrogens with zero attached hydrogens (tertiary/aromatic N) is 1. The summed E-state index contributed by atoms with van der Waals surface area (Å²) in [6, 6.07) is 7.54. The van der Waals surface area contributed by atoms with Crippen molar-refractivity contribution in [1.29, 1.82) is 0 Å². The van der Waals surface area contributed by atoms with E-state index in [2.05, 4.69) is 4.98 Å². The molecule has 1 aromatic heterocycles. The number of aromatic carboxylic acids is 1. The zero-order valence-electron chi connectivity index (χ0n) is 11.6. The predicted molar refractivity (Wildman–Crippen MR) is 82.0 cm³/mol. The molecule has 1 N–H and O–H groups in total. The van der Waals surface area contributed by atoms with Crippen molar-refractivity contribution in [1.82, 2.24) is 4.98 Å². The third-order valence-electron chi connectivity index (χ3n) is 2.88. The Labute approximate surface area is 127 Å². The minimum atomic E-state index is -0.919. The molecule has 5 heteroatoms. The summed E-state index contributed by atoms with van der Waals surface area (Å²) in [5.41, 5.74) is 1.31. The molecule has 20 heavy (non-hydrogen) atoms. The molecule has 3 nitrogen and oxygen atoms in total. The molecule has 0 atom stereocenters. The lowest BCUT2D eigenvalue weighted by molar-refractivity contribution is 0.0699. The fraction of sp³-hybridized carbons (Fsp3) is 0.333. The van der Waals surface area contributed by atoms with Crippen molar-refractivity contribution >= 4 is 28.9 Å². The lowest BCUT2D eigenvalue weighted by atomic mass is 9.91. The topological polar surface area (TPSA) is 50.2 Å². The Morgan fingerprint density at radius 2 is 2.00 bits per heavy atom. The molecular formula is C15H16ClNO2S. The molecule has 0 saturated heterocycles. The Hall–Kier alpha value is -1.39. The average Bonchev–Trinajstić information content (AvgIpc) is 2.76. The first-order valence-electron chi connectivity index (χ1n) is 6.26. The third kappa shape index (κ3) is 3.19. The number of carboxylic acid groups (broad SMARTS) is 1. The molecule has 106 valence electrons. The molecule has 0 aliphatic rings. The summed E-state index contributed by atoms with van der Waals surface area (Å²) in [6.45, 7) is 5.90. The van der Waals surface area contributed by atoms with Crippen LogP contribution >= 0.6 is 22.9 Å². The van der Waals surface area contributed by atoms with Gasteiger partial charge in [-0.3, -0.25) is 0 Å². The van der Waals surface area contributed by atoms with Gasteiger partial charge in [0.15, 0.2) is 0 Å². The minimum Gasteiger partial charge on any atom is -0.477 e. The van der Waals surface area contributed by atoms with Gasteiger partial charge in [0.25, 0.3) is 0 Å². The molecule has 0 aliphatic heterocycles. The summed E-state index contributed by atoms with van der Waals surface area (Å²) in [6.07, 6.45) is 0.556. The van der Waals surface area contributed by atoms with Crippen molar-refractivity contribution in [2.45, 2.75) is 32.6 Å². The molecule has 1 aromatic carbocycles. The summed E-state index contributed by atoms with van der Waals surface area (Å²) in [7, 11) is 0. The maximum absolute atomic E-state index is 11.3. The second-order valence-corrected chi connectivity index (χ2v) is 7.10. The van der Waals surface area contributed by atoms with Gasteiger partial charge in [-0.1, -0.05) is 50.6 Å². The van der Waals surface area contributed by atoms with Crippen LogP contribution in [0.3, 0.4) is 0 Å². The highest BCUT2D eigenvalue weighted by Crippen LogP contribution is 2.31. The SMILES string of the molecule is CC(C)(C)c1nc(Cc2ccccc2Cl)sc1C(=O)O. The predicted octanol–water partition coefficient (Wildman–Crippen LogP) is 4.38. The van der Waals surface area contributed by atoms with E-state index < -0.39 is 5.97 Å². The number of aromatic nitrogens is 1. The lowest BCUT2D eigenvalue weighted by Crippen LogP contribution is -2.16. The van der Waals surface area contributed by atoms with Crippen molar-refractivity contribution < 1.29 is 9.90 Å². The Morgan fingerprint density at radius 3 is 2.50 bits per heavy atom. The first-order chi connectivity index (χ1) is 9.29. The van der Waals surface area contributed by atoms with Crippen LogP contribution in [-0.4, -0.2) is 16.1 Å². The van der Waals surface area contributed by atoms with Crippen molar-refractivity contribution in [2.24, 2.45) is 0 Å². The minimum absolute atomic E-state index is 0.289. The van der Waals surface area contributed by atoms with Gasteiger partial charge in [0.2, 0.25) is 0 Å². The number of halogens is 1. The fourth-order valence-electron chi connectivity index (χ4n) is 1.90. The van der Waals surface area contributed by atoms with Gasteiger partial charge in [-0.15, -0.1) is 11.3 Å². The first kappa shape index (κ1) is 15.0. The van der Waals surface area contributed by atoms with Crippen LogP contribution in [0.25, 0.3) is 0 Å². The summed E-state index contributed by atoms with van der Waals surface area (Å²) in [5, 5.41) is 10.8. The monoisotopic (exact) mass is 309 g/mol. The lowest BCUT2D eigenvalue weighted by Gasteiger charge is -2.16. The molecule has 0 aliphatic carbocycles. The molecule has 0 saturated carbocycles. The molecule has 0 bridgehead atoms. The van der Waals surface area contributed by atoms with Gasteiger partial charge >= 0.3 is 5.97 Å². The van der Waals surface area contributed by atoms with Crippen LogP contribution in [0.4, 0.5) is 0 Å². The van der Waals surface area contributed by atoms with Crippen LogP contribution in [0.2, 0.25) is 5.02 Å². The molecule has 2 rings (SSSR count). The van der Waals surface area contributed by atoms with E-state index in [9.17, 15) is 9.90 Å². The molecule has 0 spiro atoms. The van der Waals surface area contributed by atoms with E-state index in [1.165, 1.54) is 11.3 Å². The van der Waals surface area contributed by atoms with Crippen LogP contribution < -0.4 is 0 Å². The van der Waals surface area contributed by atoms with Gasteiger partial charge < -0.3 is 5.11 Å². The Morgan fingerprint density at radius 1 is 1.35 bits per heavy atom. The normalized spacial score (nSPS) is 11.6. The van der Waals surface area contributed by atoms with E-state index in [0.717, 1.165) is 10.6 Å². The van der Waals surface area contributed by atoms with Crippen LogP contribution in [0.1, 0.15) is 46.7 Å². The Kier molecular flexibility index (Phi) is 4.16. The number of rotatable bonds is 3. The van der Waals surface area contributed by atoms with E-state index >= 15 is 0 Å². The van der Waals surface area contributed by atoms with Crippen LogP contribution in [0, 0.1) is 0 Å². The Bertz CT molecular complexity index is 644. The van der Waals surface area contributed by atoms with Crippen LogP contribution in [0.5, 0.6) is 0 Å². The molecule has 0 fully saturated rings. The van der Waals surface area contributed by atoms with E-state index in [4.69, 9.17) is 11.6 Å². The summed E-state index contributed by atoms with van der Waals surface area (Å²) < 4.78 is 0. The highest BCUT2D eigenvalue weighted by atomic mass is 35.5. The van der Waals surface area contributed by atoms with Gasteiger partial charge in [-0.05, 0) is 11.6 Å². The van der Waals surface area contributed by atoms with Gasteiger partial charge in [0, 0.05) is 16.9 Å². The van der Waals surface area contributed by atoms with Crippen molar-refractivity contribution in [3.8, 4) is 0 Å². The average molecular weight is 310 g/mol. The second kappa shape index (κ2) is 5.54. The maximum atomic E-state index is 11.3. The molecule has 1 heterocycles. The van der Waals surface area contributed by atoms with E-state index in [-0.39, 0.29) is 5.41 Å². The molecule has 2 aromatic rings. The molecule has 0 amide bonds. The van der Waals surface area contributed by atoms with E-state index in [0.29, 0.717) is 22.0 Å². The highest BCUT2D eigenvalue weighted by molar-refractivity contribution is 7.13. The molecule has 0 unspecified atom stereocenters. The first-order valence-corrected chi connectivity index (χ1v) is 7.45. The third-order valence-corrected chi connectivity index (χ3v) is 4.29. The van der Waals surface area contributed by atoms with Crippen molar-refractivity contribution in [2.75, 3.05) is 0 Å². The highest BCUT2D eigenvalue weighted by Gasteiger charge is 2.26.